The molecule has 2 fully saturated rings. The van der Waals surface area contributed by atoms with Gasteiger partial charge in [-0.3, -0.25) is 0 Å². The van der Waals surface area contributed by atoms with E-state index >= 15 is 0 Å². The number of nitrogens with two attached hydrogens (primary N) is 1. The van der Waals surface area contributed by atoms with Crippen LogP contribution < -0.4 is 15.4 Å². The lowest BCUT2D eigenvalue weighted by molar-refractivity contribution is 0.148. The minimum Gasteiger partial charge on any atom is -0.474 e. The highest BCUT2D eigenvalue weighted by Gasteiger charge is 2.20. The van der Waals surface area contributed by atoms with E-state index in [1.807, 2.05) is 23.7 Å². The number of thiazole rings is 1. The SMILES string of the molecule is NC(=NCc1ccnc(OC2CCCCC2)c1)N1CCN(c2nccs2)CC1. The van der Waals surface area contributed by atoms with Crippen molar-refractivity contribution in [3.05, 3.63) is 35.5 Å². The van der Waals surface area contributed by atoms with Crippen LogP contribution in [-0.4, -0.2) is 53.1 Å². The van der Waals surface area contributed by atoms with Crippen LogP contribution in [-0.2, 0) is 6.54 Å². The lowest BCUT2D eigenvalue weighted by Crippen LogP contribution is -2.51. The normalized spacial score (nSPS) is 19.1. The number of aliphatic imine (C=N–C) groups is 1. The van der Waals surface area contributed by atoms with Crippen LogP contribution in [0.5, 0.6) is 5.88 Å². The van der Waals surface area contributed by atoms with Crippen LogP contribution in [0.25, 0.3) is 0 Å². The van der Waals surface area contributed by atoms with E-state index in [0.717, 1.165) is 49.7 Å². The van der Waals surface area contributed by atoms with Crippen LogP contribution in [0.3, 0.4) is 0 Å². The van der Waals surface area contributed by atoms with Gasteiger partial charge in [0, 0.05) is 50.0 Å². The molecular formula is C20H28N6OS. The first kappa shape index (κ1) is 19.0. The van der Waals surface area contributed by atoms with E-state index in [9.17, 15) is 0 Å². The second-order valence-electron chi connectivity index (χ2n) is 7.34. The van der Waals surface area contributed by atoms with Crippen LogP contribution in [0.15, 0.2) is 34.9 Å². The zero-order valence-corrected chi connectivity index (χ0v) is 17.0. The molecule has 1 saturated heterocycles. The van der Waals surface area contributed by atoms with Gasteiger partial charge in [0.05, 0.1) is 6.54 Å². The third kappa shape index (κ3) is 4.92. The molecule has 3 heterocycles. The molecule has 1 aliphatic carbocycles. The zero-order chi connectivity index (χ0) is 19.2. The van der Waals surface area contributed by atoms with E-state index in [-0.39, 0.29) is 0 Å². The monoisotopic (exact) mass is 400 g/mol. The van der Waals surface area contributed by atoms with Gasteiger partial charge in [0.2, 0.25) is 5.88 Å². The lowest BCUT2D eigenvalue weighted by Gasteiger charge is -2.35. The Hall–Kier alpha value is -2.35. The molecule has 8 heteroatoms. The van der Waals surface area contributed by atoms with Gasteiger partial charge >= 0.3 is 0 Å². The highest BCUT2D eigenvalue weighted by molar-refractivity contribution is 7.13. The fourth-order valence-electron chi connectivity index (χ4n) is 3.74. The van der Waals surface area contributed by atoms with Crippen molar-refractivity contribution in [3.8, 4) is 5.88 Å². The molecule has 0 unspecified atom stereocenters. The molecule has 28 heavy (non-hydrogen) atoms. The molecule has 0 aromatic carbocycles. The summed E-state index contributed by atoms with van der Waals surface area (Å²) in [6.45, 7) is 4.10. The summed E-state index contributed by atoms with van der Waals surface area (Å²) in [4.78, 5) is 17.8. The summed E-state index contributed by atoms with van der Waals surface area (Å²) < 4.78 is 6.05. The average Bonchev–Trinajstić information content (AvgIpc) is 3.28. The van der Waals surface area contributed by atoms with E-state index in [0.29, 0.717) is 24.5 Å². The summed E-state index contributed by atoms with van der Waals surface area (Å²) in [6, 6.07) is 3.97. The number of anilines is 1. The van der Waals surface area contributed by atoms with Crippen molar-refractivity contribution in [2.24, 2.45) is 10.7 Å². The van der Waals surface area contributed by atoms with E-state index in [1.165, 1.54) is 19.3 Å². The first-order valence-corrected chi connectivity index (χ1v) is 11.0. The number of pyridine rings is 1. The van der Waals surface area contributed by atoms with Gasteiger partial charge in [-0.05, 0) is 37.3 Å². The highest BCUT2D eigenvalue weighted by Crippen LogP contribution is 2.23. The summed E-state index contributed by atoms with van der Waals surface area (Å²) in [5.74, 6) is 1.31. The molecule has 1 aliphatic heterocycles. The summed E-state index contributed by atoms with van der Waals surface area (Å²) in [5, 5.41) is 3.09. The Labute approximate surface area is 170 Å². The molecule has 0 atom stereocenters. The fraction of sp³-hybridized carbons (Fsp3) is 0.550. The molecule has 0 bridgehead atoms. The maximum Gasteiger partial charge on any atom is 0.213 e. The molecule has 7 nitrogen and oxygen atoms in total. The van der Waals surface area contributed by atoms with Gasteiger partial charge < -0.3 is 20.3 Å². The Balaban J connectivity index is 1.29. The maximum absolute atomic E-state index is 6.25. The van der Waals surface area contributed by atoms with Gasteiger partial charge in [0.25, 0.3) is 0 Å². The number of guanidine groups is 1. The van der Waals surface area contributed by atoms with Crippen molar-refractivity contribution >= 4 is 22.4 Å². The molecule has 4 rings (SSSR count). The summed E-state index contributed by atoms with van der Waals surface area (Å²) >= 11 is 1.68. The highest BCUT2D eigenvalue weighted by atomic mass is 32.1. The number of hydrogen-bond acceptors (Lipinski definition) is 6. The number of ether oxygens (including phenoxy) is 1. The van der Waals surface area contributed by atoms with Crippen LogP contribution in [0.2, 0.25) is 0 Å². The van der Waals surface area contributed by atoms with Gasteiger partial charge in [-0.2, -0.15) is 0 Å². The molecule has 150 valence electrons. The number of nitrogens with zero attached hydrogens (tertiary/aromatic N) is 5. The largest absolute Gasteiger partial charge is 0.474 e. The minimum absolute atomic E-state index is 0.305. The molecule has 2 aromatic heterocycles. The number of aromatic nitrogens is 2. The van der Waals surface area contributed by atoms with E-state index < -0.39 is 0 Å². The number of rotatable bonds is 5. The van der Waals surface area contributed by atoms with E-state index in [2.05, 4.69) is 24.8 Å². The fourth-order valence-corrected chi connectivity index (χ4v) is 4.43. The van der Waals surface area contributed by atoms with Crippen molar-refractivity contribution in [1.82, 2.24) is 14.9 Å². The van der Waals surface area contributed by atoms with Crippen molar-refractivity contribution in [3.63, 3.8) is 0 Å². The first-order chi connectivity index (χ1) is 13.8. The molecule has 0 amide bonds. The van der Waals surface area contributed by atoms with Crippen LogP contribution >= 0.6 is 11.3 Å². The Bertz CT molecular complexity index is 767. The standard InChI is InChI=1S/C20H28N6OS/c21-19(25-9-11-26(12-10-25)20-23-8-13-28-20)24-15-16-6-7-22-18(14-16)27-17-4-2-1-3-5-17/h6-8,13-14,17H,1-5,9-12,15H2,(H2,21,24). The minimum atomic E-state index is 0.305. The third-order valence-electron chi connectivity index (χ3n) is 5.36. The van der Waals surface area contributed by atoms with Gasteiger partial charge in [0.15, 0.2) is 11.1 Å². The Kier molecular flexibility index (Phi) is 6.26. The summed E-state index contributed by atoms with van der Waals surface area (Å²) in [7, 11) is 0. The summed E-state index contributed by atoms with van der Waals surface area (Å²) in [5.41, 5.74) is 7.32. The van der Waals surface area contributed by atoms with Crippen LogP contribution in [0, 0.1) is 0 Å². The molecule has 2 aromatic rings. The van der Waals surface area contributed by atoms with Gasteiger partial charge in [-0.15, -0.1) is 11.3 Å². The predicted octanol–water partition coefficient (Wildman–Crippen LogP) is 2.89. The average molecular weight is 401 g/mol. The summed E-state index contributed by atoms with van der Waals surface area (Å²) in [6.07, 6.45) is 10.0. The number of hydrogen-bond donors (Lipinski definition) is 1. The lowest BCUT2D eigenvalue weighted by atomic mass is 9.98. The maximum atomic E-state index is 6.25. The Morgan fingerprint density at radius 2 is 1.96 bits per heavy atom. The molecule has 0 spiro atoms. The van der Waals surface area contributed by atoms with Crippen LogP contribution in [0.4, 0.5) is 5.13 Å². The molecular weight excluding hydrogens is 372 g/mol. The Morgan fingerprint density at radius 1 is 1.14 bits per heavy atom. The van der Waals surface area contributed by atoms with Crippen molar-refractivity contribution in [2.75, 3.05) is 31.1 Å². The molecule has 2 aliphatic rings. The van der Waals surface area contributed by atoms with E-state index in [4.69, 9.17) is 10.5 Å². The zero-order valence-electron chi connectivity index (χ0n) is 16.2. The molecule has 2 N–H and O–H groups in total. The molecule has 0 radical (unpaired) electrons. The number of piperazine rings is 1. The Morgan fingerprint density at radius 3 is 2.71 bits per heavy atom. The van der Waals surface area contributed by atoms with Crippen molar-refractivity contribution in [1.29, 1.82) is 0 Å². The van der Waals surface area contributed by atoms with Gasteiger partial charge in [-0.25, -0.2) is 15.0 Å². The predicted molar refractivity (Wildman–Crippen MR) is 113 cm³/mol. The van der Waals surface area contributed by atoms with Crippen molar-refractivity contribution in [2.45, 2.75) is 44.8 Å². The van der Waals surface area contributed by atoms with Gasteiger partial charge in [-0.1, -0.05) is 6.42 Å². The first-order valence-electron chi connectivity index (χ1n) is 10.1. The second kappa shape index (κ2) is 9.23. The topological polar surface area (TPSA) is 79.9 Å². The van der Waals surface area contributed by atoms with Gasteiger partial charge in [0.1, 0.15) is 6.10 Å². The smallest absolute Gasteiger partial charge is 0.213 e. The van der Waals surface area contributed by atoms with Crippen LogP contribution in [0.1, 0.15) is 37.7 Å². The molecule has 1 saturated carbocycles. The second-order valence-corrected chi connectivity index (χ2v) is 8.22. The van der Waals surface area contributed by atoms with E-state index in [1.54, 1.807) is 17.5 Å². The van der Waals surface area contributed by atoms with Crippen molar-refractivity contribution < 1.29 is 4.74 Å². The quantitative estimate of drug-likeness (QED) is 0.614. The third-order valence-corrected chi connectivity index (χ3v) is 6.19.